The van der Waals surface area contributed by atoms with Crippen LogP contribution in [0.25, 0.3) is 65.7 Å². The van der Waals surface area contributed by atoms with Gasteiger partial charge in [-0.15, -0.1) is 0 Å². The summed E-state index contributed by atoms with van der Waals surface area (Å²) >= 11 is 0. The van der Waals surface area contributed by atoms with Crippen molar-refractivity contribution in [3.05, 3.63) is 199 Å². The van der Waals surface area contributed by atoms with Crippen LogP contribution in [-0.4, -0.2) is 0 Å². The second kappa shape index (κ2) is 11.8. The maximum atomic E-state index is 2.42. The molecule has 0 atom stereocenters. The lowest BCUT2D eigenvalue weighted by molar-refractivity contribution is 0.660. The van der Waals surface area contributed by atoms with E-state index in [1.54, 1.807) is 0 Å². The van der Waals surface area contributed by atoms with Crippen molar-refractivity contribution in [1.82, 2.24) is 0 Å². The molecule has 9 aromatic rings. The lowest BCUT2D eigenvalue weighted by atomic mass is 9.82. The Bertz CT molecular complexity index is 2770. The largest absolute Gasteiger partial charge is 0.310 e. The highest BCUT2D eigenvalue weighted by atomic mass is 15.1. The van der Waals surface area contributed by atoms with Crippen LogP contribution in [0, 0.1) is 0 Å². The monoisotopic (exact) mass is 663 g/mol. The first-order valence-corrected chi connectivity index (χ1v) is 18.2. The van der Waals surface area contributed by atoms with Gasteiger partial charge in [0.1, 0.15) is 0 Å². The molecular formula is C51H37N. The summed E-state index contributed by atoms with van der Waals surface area (Å²) in [5, 5.41) is 7.75. The van der Waals surface area contributed by atoms with Gasteiger partial charge in [-0.2, -0.15) is 0 Å². The highest BCUT2D eigenvalue weighted by Crippen LogP contribution is 2.51. The minimum absolute atomic E-state index is 0.0926. The predicted molar refractivity (Wildman–Crippen MR) is 222 cm³/mol. The number of hydrogen-bond acceptors (Lipinski definition) is 1. The van der Waals surface area contributed by atoms with Crippen molar-refractivity contribution in [3.8, 4) is 33.4 Å². The van der Waals surface area contributed by atoms with Gasteiger partial charge in [-0.1, -0.05) is 159 Å². The van der Waals surface area contributed by atoms with Crippen LogP contribution in [0.4, 0.5) is 17.1 Å². The molecule has 0 unspecified atom stereocenters. The highest BCUT2D eigenvalue weighted by Gasteiger charge is 2.35. The predicted octanol–water partition coefficient (Wildman–Crippen LogP) is 14.3. The van der Waals surface area contributed by atoms with E-state index >= 15 is 0 Å². The van der Waals surface area contributed by atoms with Gasteiger partial charge in [0.05, 0.1) is 0 Å². The molecule has 0 heterocycles. The zero-order valence-electron chi connectivity index (χ0n) is 29.3. The average molecular weight is 664 g/mol. The first-order valence-electron chi connectivity index (χ1n) is 18.2. The van der Waals surface area contributed by atoms with Crippen molar-refractivity contribution in [1.29, 1.82) is 0 Å². The number of hydrogen-bond donors (Lipinski definition) is 0. The molecule has 1 nitrogen and oxygen atoms in total. The van der Waals surface area contributed by atoms with Gasteiger partial charge in [-0.25, -0.2) is 0 Å². The average Bonchev–Trinajstić information content (AvgIpc) is 3.44. The zero-order valence-corrected chi connectivity index (χ0v) is 29.3. The third-order valence-corrected chi connectivity index (χ3v) is 11.2. The van der Waals surface area contributed by atoms with Crippen molar-refractivity contribution in [3.63, 3.8) is 0 Å². The van der Waals surface area contributed by atoms with Gasteiger partial charge in [0.25, 0.3) is 0 Å². The Balaban J connectivity index is 1.13. The molecule has 0 spiro atoms. The molecule has 0 radical (unpaired) electrons. The van der Waals surface area contributed by atoms with Crippen molar-refractivity contribution >= 4 is 49.4 Å². The summed E-state index contributed by atoms with van der Waals surface area (Å²) < 4.78 is 0. The third-order valence-electron chi connectivity index (χ3n) is 11.2. The molecule has 0 amide bonds. The SMILES string of the molecule is CC1(C)c2ccccc2-c2ccc(N(c3ccc(-c4ccccc4)cc3)c3cccc(-c4ccc5c6ccccc6c6ccccc6c5c4)c3)cc21. The quantitative estimate of drug-likeness (QED) is 0.166. The van der Waals surface area contributed by atoms with E-state index in [2.05, 4.69) is 207 Å². The number of nitrogens with zero attached hydrogens (tertiary/aromatic N) is 1. The molecule has 52 heavy (non-hydrogen) atoms. The Morgan fingerprint density at radius 3 is 1.54 bits per heavy atom. The number of benzene rings is 9. The Labute approximate surface area is 305 Å². The van der Waals surface area contributed by atoms with Gasteiger partial charge < -0.3 is 4.90 Å². The van der Waals surface area contributed by atoms with Crippen molar-refractivity contribution in [2.24, 2.45) is 0 Å². The first kappa shape index (κ1) is 30.4. The summed E-state index contributed by atoms with van der Waals surface area (Å²) in [6.45, 7) is 4.71. The van der Waals surface area contributed by atoms with Gasteiger partial charge in [-0.05, 0) is 119 Å². The maximum absolute atomic E-state index is 2.42. The number of rotatable bonds is 5. The zero-order chi connectivity index (χ0) is 34.8. The van der Waals surface area contributed by atoms with Gasteiger partial charge in [0, 0.05) is 22.5 Å². The fourth-order valence-corrected chi connectivity index (χ4v) is 8.62. The van der Waals surface area contributed by atoms with Gasteiger partial charge in [0.2, 0.25) is 0 Å². The van der Waals surface area contributed by atoms with Gasteiger partial charge >= 0.3 is 0 Å². The van der Waals surface area contributed by atoms with E-state index in [0.29, 0.717) is 0 Å². The maximum Gasteiger partial charge on any atom is 0.0467 e. The van der Waals surface area contributed by atoms with E-state index in [0.717, 1.165) is 17.1 Å². The molecule has 10 rings (SSSR count). The smallest absolute Gasteiger partial charge is 0.0467 e. The van der Waals surface area contributed by atoms with Crippen LogP contribution in [0.5, 0.6) is 0 Å². The third kappa shape index (κ3) is 4.77. The second-order valence-corrected chi connectivity index (χ2v) is 14.6. The minimum atomic E-state index is -0.0926. The molecular weight excluding hydrogens is 627 g/mol. The molecule has 9 aromatic carbocycles. The summed E-state index contributed by atoms with van der Waals surface area (Å²) in [6.07, 6.45) is 0. The second-order valence-electron chi connectivity index (χ2n) is 14.6. The molecule has 246 valence electrons. The topological polar surface area (TPSA) is 3.24 Å². The first-order chi connectivity index (χ1) is 25.5. The van der Waals surface area contributed by atoms with Crippen LogP contribution >= 0.6 is 0 Å². The minimum Gasteiger partial charge on any atom is -0.310 e. The van der Waals surface area contributed by atoms with E-state index < -0.39 is 0 Å². The molecule has 0 saturated carbocycles. The highest BCUT2D eigenvalue weighted by molar-refractivity contribution is 6.25. The van der Waals surface area contributed by atoms with Crippen LogP contribution in [0.15, 0.2) is 188 Å². The van der Waals surface area contributed by atoms with Crippen LogP contribution < -0.4 is 4.90 Å². The number of fused-ring (bicyclic) bond motifs is 9. The van der Waals surface area contributed by atoms with Gasteiger partial charge in [0.15, 0.2) is 0 Å². The molecule has 1 aliphatic carbocycles. The van der Waals surface area contributed by atoms with Crippen molar-refractivity contribution < 1.29 is 0 Å². The van der Waals surface area contributed by atoms with Gasteiger partial charge in [-0.3, -0.25) is 0 Å². The van der Waals surface area contributed by atoms with Crippen molar-refractivity contribution in [2.45, 2.75) is 19.3 Å². The molecule has 0 N–H and O–H groups in total. The van der Waals surface area contributed by atoms with E-state index in [1.807, 2.05) is 0 Å². The summed E-state index contributed by atoms with van der Waals surface area (Å²) in [6, 6.07) is 69.1. The Morgan fingerprint density at radius 1 is 0.308 bits per heavy atom. The van der Waals surface area contributed by atoms with E-state index in [1.165, 1.54) is 76.8 Å². The molecule has 0 aromatic heterocycles. The van der Waals surface area contributed by atoms with Crippen LogP contribution in [0.2, 0.25) is 0 Å². The van der Waals surface area contributed by atoms with E-state index in [9.17, 15) is 0 Å². The molecule has 0 saturated heterocycles. The summed E-state index contributed by atoms with van der Waals surface area (Å²) in [5.74, 6) is 0. The van der Waals surface area contributed by atoms with Crippen LogP contribution in [0.3, 0.4) is 0 Å². The van der Waals surface area contributed by atoms with Crippen LogP contribution in [0.1, 0.15) is 25.0 Å². The standard InChI is InChI=1S/C51H37N/c1-51(2)49-22-11-10-21-46(49)47-30-28-40(33-50(47)51)52(38-26-23-35(24-27-38)34-13-4-3-5-14-34)39-16-12-15-36(31-39)37-25-29-45-43-19-7-6-17-41(43)42-18-8-9-20-44(42)48(45)32-37/h3-33H,1-2H3. The number of anilines is 3. The summed E-state index contributed by atoms with van der Waals surface area (Å²) in [4.78, 5) is 2.42. The molecule has 0 bridgehead atoms. The summed E-state index contributed by atoms with van der Waals surface area (Å²) in [7, 11) is 0. The van der Waals surface area contributed by atoms with Crippen LogP contribution in [-0.2, 0) is 5.41 Å². The molecule has 0 aliphatic heterocycles. The molecule has 1 heteroatoms. The Morgan fingerprint density at radius 2 is 0.808 bits per heavy atom. The fourth-order valence-electron chi connectivity index (χ4n) is 8.62. The molecule has 1 aliphatic rings. The van der Waals surface area contributed by atoms with E-state index in [-0.39, 0.29) is 5.41 Å². The Kier molecular flexibility index (Phi) is 6.91. The lowest BCUT2D eigenvalue weighted by Gasteiger charge is -2.28. The normalized spacial score (nSPS) is 13.0. The lowest BCUT2D eigenvalue weighted by Crippen LogP contribution is -2.16. The Hall–Kier alpha value is -6.44. The fraction of sp³-hybridized carbons (Fsp3) is 0.0588. The van der Waals surface area contributed by atoms with Crippen molar-refractivity contribution in [2.75, 3.05) is 4.90 Å². The van der Waals surface area contributed by atoms with E-state index in [4.69, 9.17) is 0 Å². The molecule has 0 fully saturated rings. The summed E-state index contributed by atoms with van der Waals surface area (Å²) in [5.41, 5.74) is 13.6.